The largest absolute Gasteiger partial charge is 0.497 e. The van der Waals surface area contributed by atoms with Gasteiger partial charge in [-0.1, -0.05) is 110 Å². The molecule has 2 nitrogen and oxygen atoms in total. The SMILES string of the molecule is CCC1=Cc2cccc(-c3ccc(OC)cc3)c2C1[Si](C)(C)C1=C(CC)Cc2cccc(-c3ccc(OC)cc3)c21. The van der Waals surface area contributed by atoms with E-state index in [1.165, 1.54) is 44.5 Å². The molecule has 0 saturated carbocycles. The summed E-state index contributed by atoms with van der Waals surface area (Å²) in [4.78, 5) is 0. The Labute approximate surface area is 246 Å². The molecule has 2 aliphatic carbocycles. The summed E-state index contributed by atoms with van der Waals surface area (Å²) in [5.41, 5.74) is 14.8. The molecule has 0 fully saturated rings. The molecule has 0 heterocycles. The molecular weight excluding hydrogens is 517 g/mol. The first kappa shape index (κ1) is 27.4. The fourth-order valence-corrected chi connectivity index (χ4v) is 12.1. The number of hydrogen-bond donors (Lipinski definition) is 0. The first-order valence-electron chi connectivity index (χ1n) is 14.9. The van der Waals surface area contributed by atoms with Crippen molar-refractivity contribution in [2.75, 3.05) is 14.2 Å². The van der Waals surface area contributed by atoms with E-state index in [4.69, 9.17) is 9.47 Å². The second kappa shape index (κ2) is 10.9. The highest BCUT2D eigenvalue weighted by molar-refractivity contribution is 6.96. The third-order valence-electron chi connectivity index (χ3n) is 9.30. The predicted octanol–water partition coefficient (Wildman–Crippen LogP) is 10.1. The van der Waals surface area contributed by atoms with E-state index in [0.717, 1.165) is 30.8 Å². The third kappa shape index (κ3) is 4.57. The van der Waals surface area contributed by atoms with Crippen LogP contribution < -0.4 is 9.47 Å². The molecule has 2 aliphatic rings. The number of rotatable bonds is 8. The third-order valence-corrected chi connectivity index (χ3v) is 13.3. The van der Waals surface area contributed by atoms with Crippen LogP contribution in [-0.2, 0) is 6.42 Å². The maximum atomic E-state index is 5.48. The van der Waals surface area contributed by atoms with Crippen LogP contribution in [0.2, 0.25) is 13.1 Å². The quantitative estimate of drug-likeness (QED) is 0.201. The predicted molar refractivity (Wildman–Crippen MR) is 176 cm³/mol. The van der Waals surface area contributed by atoms with E-state index in [9.17, 15) is 0 Å². The lowest BCUT2D eigenvalue weighted by Gasteiger charge is -2.37. The number of allylic oxidation sites excluding steroid dienone is 2. The number of benzene rings is 4. The summed E-state index contributed by atoms with van der Waals surface area (Å²) in [7, 11) is 1.35. The van der Waals surface area contributed by atoms with E-state index in [1.807, 2.05) is 0 Å². The number of methoxy groups -OCH3 is 2. The van der Waals surface area contributed by atoms with Crippen LogP contribution in [-0.4, -0.2) is 22.3 Å². The zero-order valence-corrected chi connectivity index (χ0v) is 26.2. The first-order valence-corrected chi connectivity index (χ1v) is 18.0. The topological polar surface area (TPSA) is 18.5 Å². The van der Waals surface area contributed by atoms with Gasteiger partial charge in [0.2, 0.25) is 0 Å². The average Bonchev–Trinajstić information content (AvgIpc) is 3.60. The van der Waals surface area contributed by atoms with Gasteiger partial charge in [-0.3, -0.25) is 0 Å². The van der Waals surface area contributed by atoms with Crippen molar-refractivity contribution < 1.29 is 9.47 Å². The second-order valence-corrected chi connectivity index (χ2v) is 16.4. The van der Waals surface area contributed by atoms with E-state index >= 15 is 0 Å². The zero-order valence-electron chi connectivity index (χ0n) is 25.2. The first-order chi connectivity index (χ1) is 19.9. The molecule has 1 unspecified atom stereocenters. The zero-order chi connectivity index (χ0) is 28.7. The number of ether oxygens (including phenoxy) is 2. The van der Waals surface area contributed by atoms with Gasteiger partial charge in [0, 0.05) is 5.54 Å². The van der Waals surface area contributed by atoms with Gasteiger partial charge >= 0.3 is 0 Å². The normalized spacial score (nSPS) is 16.0. The van der Waals surface area contributed by atoms with Gasteiger partial charge in [-0.25, -0.2) is 0 Å². The van der Waals surface area contributed by atoms with Gasteiger partial charge in [0.15, 0.2) is 0 Å². The summed E-state index contributed by atoms with van der Waals surface area (Å²) in [5, 5.41) is 1.67. The van der Waals surface area contributed by atoms with Gasteiger partial charge in [0.1, 0.15) is 11.5 Å². The molecule has 0 saturated heterocycles. The van der Waals surface area contributed by atoms with E-state index in [2.05, 4.69) is 118 Å². The van der Waals surface area contributed by atoms with Crippen molar-refractivity contribution in [2.24, 2.45) is 0 Å². The molecule has 4 aromatic carbocycles. The van der Waals surface area contributed by atoms with Crippen molar-refractivity contribution in [1.29, 1.82) is 0 Å². The monoisotopic (exact) mass is 556 g/mol. The Morgan fingerprint density at radius 1 is 0.707 bits per heavy atom. The highest BCUT2D eigenvalue weighted by Gasteiger charge is 2.46. The van der Waals surface area contributed by atoms with Crippen LogP contribution in [0.4, 0.5) is 0 Å². The van der Waals surface area contributed by atoms with Gasteiger partial charge < -0.3 is 9.47 Å². The standard InChI is InChI=1S/C38H40O2Si/c1-7-25-23-29-11-9-13-33(27-15-19-31(39-3)20-16-27)35(29)37(25)41(5,6)38-26(8-2)24-30-12-10-14-34(36(30)38)28-17-21-32(40-4)22-18-28/h9-23,37H,7-8,24H2,1-6H3. The number of hydrogen-bond acceptors (Lipinski definition) is 2. The lowest BCUT2D eigenvalue weighted by Crippen LogP contribution is -2.38. The fourth-order valence-electron chi connectivity index (χ4n) is 7.43. The van der Waals surface area contributed by atoms with Gasteiger partial charge in [-0.05, 0) is 88.0 Å². The molecule has 208 valence electrons. The lowest BCUT2D eigenvalue weighted by molar-refractivity contribution is 0.415. The van der Waals surface area contributed by atoms with Crippen molar-refractivity contribution in [2.45, 2.75) is 51.7 Å². The molecule has 0 aromatic heterocycles. The minimum Gasteiger partial charge on any atom is -0.497 e. The molecule has 1 atom stereocenters. The van der Waals surface area contributed by atoms with Crippen molar-refractivity contribution >= 4 is 19.3 Å². The Balaban J connectivity index is 1.53. The molecule has 0 spiro atoms. The Hall–Kier alpha value is -3.82. The number of fused-ring (bicyclic) bond motifs is 2. The molecule has 0 amide bonds. The highest BCUT2D eigenvalue weighted by atomic mass is 28.3. The molecule has 4 aromatic rings. The van der Waals surface area contributed by atoms with Crippen LogP contribution >= 0.6 is 0 Å². The Bertz CT molecular complexity index is 1660. The van der Waals surface area contributed by atoms with Crippen LogP contribution in [0.15, 0.2) is 96.1 Å². The van der Waals surface area contributed by atoms with Crippen molar-refractivity contribution in [3.8, 4) is 33.8 Å². The van der Waals surface area contributed by atoms with E-state index < -0.39 is 8.07 Å². The minimum atomic E-state index is -2.11. The smallest absolute Gasteiger partial charge is 0.118 e. The summed E-state index contributed by atoms with van der Waals surface area (Å²) >= 11 is 0. The molecule has 0 aliphatic heterocycles. The summed E-state index contributed by atoms with van der Waals surface area (Å²) in [6.45, 7) is 9.95. The summed E-state index contributed by atoms with van der Waals surface area (Å²) in [5.74, 6) is 1.79. The van der Waals surface area contributed by atoms with Gasteiger partial charge in [0.25, 0.3) is 0 Å². The minimum absolute atomic E-state index is 0.423. The molecule has 0 N–H and O–H groups in total. The summed E-state index contributed by atoms with van der Waals surface area (Å²) in [6.07, 6.45) is 5.72. The van der Waals surface area contributed by atoms with Gasteiger partial charge in [-0.2, -0.15) is 0 Å². The van der Waals surface area contributed by atoms with E-state index in [1.54, 1.807) is 30.6 Å². The Morgan fingerprint density at radius 2 is 1.29 bits per heavy atom. The van der Waals surface area contributed by atoms with Crippen LogP contribution in [0.3, 0.4) is 0 Å². The second-order valence-electron chi connectivity index (χ2n) is 11.8. The van der Waals surface area contributed by atoms with Crippen LogP contribution in [0.5, 0.6) is 11.5 Å². The summed E-state index contributed by atoms with van der Waals surface area (Å²) in [6, 6.07) is 31.0. The van der Waals surface area contributed by atoms with Gasteiger partial charge in [0.05, 0.1) is 22.3 Å². The Kier molecular flexibility index (Phi) is 7.25. The summed E-state index contributed by atoms with van der Waals surface area (Å²) < 4.78 is 11.0. The molecular formula is C38H40O2Si. The van der Waals surface area contributed by atoms with Gasteiger partial charge in [-0.15, -0.1) is 0 Å². The molecule has 0 bridgehead atoms. The van der Waals surface area contributed by atoms with Crippen molar-refractivity contribution in [3.63, 3.8) is 0 Å². The Morgan fingerprint density at radius 3 is 1.88 bits per heavy atom. The molecule has 0 radical (unpaired) electrons. The average molecular weight is 557 g/mol. The van der Waals surface area contributed by atoms with E-state index in [0.29, 0.717) is 5.54 Å². The maximum absolute atomic E-state index is 5.48. The fraction of sp³-hybridized carbons (Fsp3) is 0.263. The molecule has 6 rings (SSSR count). The van der Waals surface area contributed by atoms with Crippen LogP contribution in [0.25, 0.3) is 33.5 Å². The maximum Gasteiger partial charge on any atom is 0.118 e. The molecule has 3 heteroatoms. The van der Waals surface area contributed by atoms with Crippen molar-refractivity contribution in [3.05, 3.63) is 118 Å². The van der Waals surface area contributed by atoms with E-state index in [-0.39, 0.29) is 0 Å². The van der Waals surface area contributed by atoms with Crippen LogP contribution in [0.1, 0.15) is 54.5 Å². The van der Waals surface area contributed by atoms with Crippen LogP contribution in [0, 0.1) is 0 Å². The highest BCUT2D eigenvalue weighted by Crippen LogP contribution is 2.55. The molecule has 41 heavy (non-hydrogen) atoms. The van der Waals surface area contributed by atoms with Crippen molar-refractivity contribution in [1.82, 2.24) is 0 Å². The lowest BCUT2D eigenvalue weighted by atomic mass is 9.95.